The molecule has 0 aliphatic heterocycles. The minimum Gasteiger partial charge on any atom is -0.363 e. The summed E-state index contributed by atoms with van der Waals surface area (Å²) in [6.45, 7) is 2.01. The highest BCUT2D eigenvalue weighted by Crippen LogP contribution is 2.15. The first-order chi connectivity index (χ1) is 9.65. The molecule has 0 aliphatic rings. The lowest BCUT2D eigenvalue weighted by atomic mass is 10.2. The molecular formula is C13H11F2N5. The molecule has 0 atom stereocenters. The number of anilines is 1. The molecular weight excluding hydrogens is 264 g/mol. The molecule has 5 nitrogen and oxygen atoms in total. The molecule has 2 aromatic heterocycles. The summed E-state index contributed by atoms with van der Waals surface area (Å²) < 4.78 is 28.1. The Morgan fingerprint density at radius 3 is 2.90 bits per heavy atom. The zero-order valence-electron chi connectivity index (χ0n) is 10.6. The van der Waals surface area contributed by atoms with Gasteiger partial charge in [-0.2, -0.15) is 0 Å². The molecule has 102 valence electrons. The van der Waals surface area contributed by atoms with Gasteiger partial charge in [0, 0.05) is 30.6 Å². The van der Waals surface area contributed by atoms with Gasteiger partial charge in [-0.15, -0.1) is 10.2 Å². The number of rotatable bonds is 3. The fraction of sp³-hybridized carbons (Fsp3) is 0.154. The molecule has 0 radical (unpaired) electrons. The zero-order chi connectivity index (χ0) is 14.1. The number of nitrogens with one attached hydrogen (secondary N) is 1. The standard InChI is InChI=1S/C13H11F2N5/c1-8-18-19-13-12(16-4-5-20(8)13)17-7-9-2-3-10(14)6-11(9)15/h2-6H,7H2,1H3,(H,16,17). The minimum atomic E-state index is -0.598. The first-order valence-electron chi connectivity index (χ1n) is 5.99. The van der Waals surface area contributed by atoms with Gasteiger partial charge >= 0.3 is 0 Å². The van der Waals surface area contributed by atoms with Crippen LogP contribution in [-0.4, -0.2) is 19.6 Å². The molecule has 0 saturated heterocycles. The van der Waals surface area contributed by atoms with E-state index in [2.05, 4.69) is 20.5 Å². The molecule has 0 bridgehead atoms. The summed E-state index contributed by atoms with van der Waals surface area (Å²) in [5, 5.41) is 10.9. The van der Waals surface area contributed by atoms with Crippen molar-refractivity contribution in [1.82, 2.24) is 19.6 Å². The van der Waals surface area contributed by atoms with Gasteiger partial charge in [0.15, 0.2) is 5.82 Å². The molecule has 2 heterocycles. The quantitative estimate of drug-likeness (QED) is 0.797. The Bertz CT molecular complexity index is 769. The van der Waals surface area contributed by atoms with Gasteiger partial charge in [0.2, 0.25) is 5.65 Å². The van der Waals surface area contributed by atoms with E-state index in [0.717, 1.165) is 11.9 Å². The van der Waals surface area contributed by atoms with Crippen LogP contribution >= 0.6 is 0 Å². The maximum Gasteiger partial charge on any atom is 0.203 e. The fourth-order valence-corrected chi connectivity index (χ4v) is 1.91. The Kier molecular flexibility index (Phi) is 3.02. The summed E-state index contributed by atoms with van der Waals surface area (Å²) in [6.07, 6.45) is 3.35. The van der Waals surface area contributed by atoms with E-state index < -0.39 is 11.6 Å². The van der Waals surface area contributed by atoms with E-state index in [1.165, 1.54) is 12.1 Å². The van der Waals surface area contributed by atoms with Crippen LogP contribution in [0.5, 0.6) is 0 Å². The Hall–Kier alpha value is -2.57. The van der Waals surface area contributed by atoms with E-state index in [1.807, 2.05) is 6.92 Å². The van der Waals surface area contributed by atoms with Crippen molar-refractivity contribution in [2.75, 3.05) is 5.32 Å². The van der Waals surface area contributed by atoms with Crippen molar-refractivity contribution >= 4 is 11.5 Å². The third-order valence-corrected chi connectivity index (χ3v) is 2.96. The zero-order valence-corrected chi connectivity index (χ0v) is 10.6. The van der Waals surface area contributed by atoms with Crippen molar-refractivity contribution in [3.63, 3.8) is 0 Å². The molecule has 3 aromatic rings. The monoisotopic (exact) mass is 275 g/mol. The fourth-order valence-electron chi connectivity index (χ4n) is 1.91. The number of hydrogen-bond donors (Lipinski definition) is 1. The summed E-state index contributed by atoms with van der Waals surface area (Å²) in [5.41, 5.74) is 0.916. The lowest BCUT2D eigenvalue weighted by Gasteiger charge is -2.07. The van der Waals surface area contributed by atoms with Gasteiger partial charge in [-0.25, -0.2) is 13.8 Å². The summed E-state index contributed by atoms with van der Waals surface area (Å²) in [5.74, 6) is 0.0388. The van der Waals surface area contributed by atoms with E-state index in [9.17, 15) is 8.78 Å². The molecule has 0 saturated carbocycles. The van der Waals surface area contributed by atoms with E-state index >= 15 is 0 Å². The highest BCUT2D eigenvalue weighted by Gasteiger charge is 2.09. The molecule has 7 heteroatoms. The number of halogens is 2. The topological polar surface area (TPSA) is 55.1 Å². The molecule has 1 N–H and O–H groups in total. The van der Waals surface area contributed by atoms with Crippen molar-refractivity contribution in [2.45, 2.75) is 13.5 Å². The predicted molar refractivity (Wildman–Crippen MR) is 69.2 cm³/mol. The molecule has 20 heavy (non-hydrogen) atoms. The third kappa shape index (κ3) is 2.18. The largest absolute Gasteiger partial charge is 0.363 e. The van der Waals surface area contributed by atoms with Crippen molar-refractivity contribution in [1.29, 1.82) is 0 Å². The molecule has 0 aliphatic carbocycles. The first-order valence-corrected chi connectivity index (χ1v) is 5.99. The van der Waals surface area contributed by atoms with Gasteiger partial charge in [0.05, 0.1) is 0 Å². The third-order valence-electron chi connectivity index (χ3n) is 2.96. The maximum absolute atomic E-state index is 13.5. The number of nitrogens with zero attached hydrogens (tertiary/aromatic N) is 4. The molecule has 3 rings (SSSR count). The highest BCUT2D eigenvalue weighted by atomic mass is 19.1. The van der Waals surface area contributed by atoms with E-state index in [-0.39, 0.29) is 6.54 Å². The number of aryl methyl sites for hydroxylation is 1. The van der Waals surface area contributed by atoms with Gasteiger partial charge in [-0.3, -0.25) is 4.40 Å². The second-order valence-electron chi connectivity index (χ2n) is 4.31. The van der Waals surface area contributed by atoms with Crippen LogP contribution in [0.4, 0.5) is 14.6 Å². The lowest BCUT2D eigenvalue weighted by molar-refractivity contribution is 0.574. The smallest absolute Gasteiger partial charge is 0.203 e. The summed E-state index contributed by atoms with van der Waals surface area (Å²) in [6, 6.07) is 3.47. The number of benzene rings is 1. The van der Waals surface area contributed by atoms with Crippen molar-refractivity contribution in [3.05, 3.63) is 53.6 Å². The molecule has 0 unspecified atom stereocenters. The van der Waals surface area contributed by atoms with Crippen LogP contribution in [0.25, 0.3) is 5.65 Å². The van der Waals surface area contributed by atoms with Gasteiger partial charge in [0.1, 0.15) is 17.5 Å². The Labute approximate surface area is 113 Å². The summed E-state index contributed by atoms with van der Waals surface area (Å²) in [4.78, 5) is 4.15. The van der Waals surface area contributed by atoms with Gasteiger partial charge in [-0.05, 0) is 13.0 Å². The molecule has 0 amide bonds. The average Bonchev–Trinajstić information content (AvgIpc) is 2.80. The Morgan fingerprint density at radius 1 is 1.25 bits per heavy atom. The van der Waals surface area contributed by atoms with E-state index in [4.69, 9.17) is 0 Å². The van der Waals surface area contributed by atoms with Gasteiger partial charge < -0.3 is 5.32 Å². The highest BCUT2D eigenvalue weighted by molar-refractivity contribution is 5.62. The second kappa shape index (κ2) is 4.84. The SMILES string of the molecule is Cc1nnc2c(NCc3ccc(F)cc3F)nccn12. The predicted octanol–water partition coefficient (Wildman–Crippen LogP) is 2.32. The van der Waals surface area contributed by atoms with E-state index in [1.54, 1.807) is 16.8 Å². The van der Waals surface area contributed by atoms with Crippen LogP contribution in [0.1, 0.15) is 11.4 Å². The normalized spacial score (nSPS) is 10.9. The van der Waals surface area contributed by atoms with Crippen LogP contribution in [-0.2, 0) is 6.54 Å². The van der Waals surface area contributed by atoms with Crippen LogP contribution in [0.3, 0.4) is 0 Å². The summed E-state index contributed by atoms with van der Waals surface area (Å²) >= 11 is 0. The maximum atomic E-state index is 13.5. The van der Waals surface area contributed by atoms with Crippen LogP contribution in [0.15, 0.2) is 30.6 Å². The Balaban J connectivity index is 1.87. The van der Waals surface area contributed by atoms with Crippen molar-refractivity contribution in [2.24, 2.45) is 0 Å². The number of fused-ring (bicyclic) bond motifs is 1. The average molecular weight is 275 g/mol. The van der Waals surface area contributed by atoms with E-state index in [0.29, 0.717) is 17.0 Å². The minimum absolute atomic E-state index is 0.185. The molecule has 0 fully saturated rings. The number of hydrogen-bond acceptors (Lipinski definition) is 4. The second-order valence-corrected chi connectivity index (χ2v) is 4.31. The van der Waals surface area contributed by atoms with Crippen LogP contribution < -0.4 is 5.32 Å². The van der Waals surface area contributed by atoms with Crippen LogP contribution in [0.2, 0.25) is 0 Å². The van der Waals surface area contributed by atoms with Gasteiger partial charge in [-0.1, -0.05) is 6.07 Å². The molecule has 1 aromatic carbocycles. The lowest BCUT2D eigenvalue weighted by Crippen LogP contribution is -2.05. The van der Waals surface area contributed by atoms with Gasteiger partial charge in [0.25, 0.3) is 0 Å². The summed E-state index contributed by atoms with van der Waals surface area (Å²) in [7, 11) is 0. The van der Waals surface area contributed by atoms with Crippen molar-refractivity contribution in [3.8, 4) is 0 Å². The van der Waals surface area contributed by atoms with Crippen LogP contribution in [0, 0.1) is 18.6 Å². The Morgan fingerprint density at radius 2 is 2.10 bits per heavy atom. The molecule has 0 spiro atoms. The number of aromatic nitrogens is 4. The first kappa shape index (κ1) is 12.5. The van der Waals surface area contributed by atoms with Crippen molar-refractivity contribution < 1.29 is 8.78 Å².